The number of rotatable bonds is 1. The Morgan fingerprint density at radius 1 is 1.29 bits per heavy atom. The number of hydrogen-bond acceptors (Lipinski definition) is 2. The number of nitrogens with two attached hydrogens (primary N) is 1. The first kappa shape index (κ1) is 15.8. The van der Waals surface area contributed by atoms with Crippen molar-refractivity contribution in [1.82, 2.24) is 4.90 Å². The summed E-state index contributed by atoms with van der Waals surface area (Å²) in [5, 5.41) is 0. The third-order valence-corrected chi connectivity index (χ3v) is 4.48. The average molecular weight is 292 g/mol. The van der Waals surface area contributed by atoms with Crippen molar-refractivity contribution >= 4 is 11.6 Å². The van der Waals surface area contributed by atoms with Crippen LogP contribution in [-0.4, -0.2) is 23.9 Å². The Hall–Kier alpha value is -1.58. The second-order valence-corrected chi connectivity index (χ2v) is 7.02. The monoisotopic (exact) mass is 292 g/mol. The van der Waals surface area contributed by atoms with Crippen molar-refractivity contribution in [3.8, 4) is 0 Å². The molecule has 2 N–H and O–H groups in total. The number of likely N-dealkylation sites (tertiary alicyclic amines) is 1. The van der Waals surface area contributed by atoms with E-state index in [1.54, 1.807) is 0 Å². The molecule has 0 bridgehead atoms. The highest BCUT2D eigenvalue weighted by molar-refractivity contribution is 5.95. The smallest absolute Gasteiger partial charge is 0.253 e. The van der Waals surface area contributed by atoms with E-state index in [9.17, 15) is 9.18 Å². The second kappa shape index (κ2) is 6.04. The first-order chi connectivity index (χ1) is 9.79. The van der Waals surface area contributed by atoms with E-state index in [0.717, 1.165) is 32.4 Å². The first-order valence-corrected chi connectivity index (χ1v) is 7.63. The van der Waals surface area contributed by atoms with Gasteiger partial charge in [-0.3, -0.25) is 4.79 Å². The fourth-order valence-corrected chi connectivity index (χ4v) is 3.02. The van der Waals surface area contributed by atoms with Crippen molar-refractivity contribution in [3.63, 3.8) is 0 Å². The molecule has 1 heterocycles. The normalized spacial score (nSPS) is 20.2. The van der Waals surface area contributed by atoms with Gasteiger partial charge < -0.3 is 10.6 Å². The highest BCUT2D eigenvalue weighted by atomic mass is 19.1. The third kappa shape index (κ3) is 3.74. The van der Waals surface area contributed by atoms with Gasteiger partial charge in [0.25, 0.3) is 5.91 Å². The summed E-state index contributed by atoms with van der Waals surface area (Å²) >= 11 is 0. The van der Waals surface area contributed by atoms with Crippen LogP contribution >= 0.6 is 0 Å². The summed E-state index contributed by atoms with van der Waals surface area (Å²) < 4.78 is 13.2. The fourth-order valence-electron chi connectivity index (χ4n) is 3.02. The number of carbonyl (C=O) groups excluding carboxylic acids is 1. The van der Waals surface area contributed by atoms with E-state index < -0.39 is 5.82 Å². The van der Waals surface area contributed by atoms with E-state index in [1.165, 1.54) is 18.2 Å². The number of amides is 1. The second-order valence-electron chi connectivity index (χ2n) is 7.02. The van der Waals surface area contributed by atoms with Crippen LogP contribution in [0.5, 0.6) is 0 Å². The Kier molecular flexibility index (Phi) is 4.55. The third-order valence-electron chi connectivity index (χ3n) is 4.48. The standard InChI is InChI=1S/C17H25FN2O/c1-17(2,3)13-5-4-9-20(10-8-13)16(21)12-6-7-14(18)15(19)11-12/h6-7,11,13H,4-5,8-10,19H2,1-3H3. The molecule has 4 heteroatoms. The summed E-state index contributed by atoms with van der Waals surface area (Å²) in [5.74, 6) is 0.111. The van der Waals surface area contributed by atoms with E-state index in [1.807, 2.05) is 4.90 Å². The molecule has 1 aliphatic heterocycles. The summed E-state index contributed by atoms with van der Waals surface area (Å²) in [4.78, 5) is 14.4. The lowest BCUT2D eigenvalue weighted by molar-refractivity contribution is 0.0755. The molecule has 3 nitrogen and oxygen atoms in total. The van der Waals surface area contributed by atoms with E-state index in [0.29, 0.717) is 11.5 Å². The van der Waals surface area contributed by atoms with Crippen LogP contribution in [0.15, 0.2) is 18.2 Å². The van der Waals surface area contributed by atoms with E-state index in [-0.39, 0.29) is 17.0 Å². The minimum absolute atomic E-state index is 0.0308. The SMILES string of the molecule is CC(C)(C)C1CCCN(C(=O)c2ccc(F)c(N)c2)CC1. The van der Waals surface area contributed by atoms with Gasteiger partial charge in [0.15, 0.2) is 0 Å². The highest BCUT2D eigenvalue weighted by Crippen LogP contribution is 2.34. The molecule has 1 atom stereocenters. The van der Waals surface area contributed by atoms with Crippen molar-refractivity contribution in [2.75, 3.05) is 18.8 Å². The molecule has 1 saturated heterocycles. The van der Waals surface area contributed by atoms with Gasteiger partial charge in [-0.2, -0.15) is 0 Å². The van der Waals surface area contributed by atoms with E-state index in [4.69, 9.17) is 5.73 Å². The van der Waals surface area contributed by atoms with E-state index in [2.05, 4.69) is 20.8 Å². The molecule has 0 radical (unpaired) electrons. The molecule has 1 aromatic rings. The summed E-state index contributed by atoms with van der Waals surface area (Å²) in [5.41, 5.74) is 6.34. The summed E-state index contributed by atoms with van der Waals surface area (Å²) in [6, 6.07) is 4.21. The maximum Gasteiger partial charge on any atom is 0.253 e. The molecule has 1 unspecified atom stereocenters. The highest BCUT2D eigenvalue weighted by Gasteiger charge is 2.28. The number of anilines is 1. The lowest BCUT2D eigenvalue weighted by atomic mass is 9.77. The van der Waals surface area contributed by atoms with Crippen molar-refractivity contribution in [3.05, 3.63) is 29.6 Å². The Balaban J connectivity index is 2.08. The van der Waals surface area contributed by atoms with Crippen LogP contribution in [0.25, 0.3) is 0 Å². The molecule has 1 fully saturated rings. The van der Waals surface area contributed by atoms with Gasteiger partial charge in [-0.05, 0) is 48.8 Å². The van der Waals surface area contributed by atoms with Crippen molar-refractivity contribution in [2.24, 2.45) is 11.3 Å². The quantitative estimate of drug-likeness (QED) is 0.802. The Labute approximate surface area is 126 Å². The number of nitrogen functional groups attached to an aromatic ring is 1. The molecule has 0 saturated carbocycles. The maximum atomic E-state index is 13.2. The topological polar surface area (TPSA) is 46.3 Å². The molecule has 21 heavy (non-hydrogen) atoms. The molecule has 1 aromatic carbocycles. The van der Waals surface area contributed by atoms with Crippen LogP contribution in [0, 0.1) is 17.2 Å². The molecular formula is C17H25FN2O. The summed E-state index contributed by atoms with van der Waals surface area (Å²) in [6.07, 6.45) is 3.19. The minimum Gasteiger partial charge on any atom is -0.396 e. The van der Waals surface area contributed by atoms with Crippen LogP contribution in [0.4, 0.5) is 10.1 Å². The molecule has 2 rings (SSSR count). The van der Waals surface area contributed by atoms with Crippen LogP contribution in [0.3, 0.4) is 0 Å². The van der Waals surface area contributed by atoms with Gasteiger partial charge in [-0.15, -0.1) is 0 Å². The van der Waals surface area contributed by atoms with Gasteiger partial charge in [0.05, 0.1) is 5.69 Å². The molecule has 116 valence electrons. The first-order valence-electron chi connectivity index (χ1n) is 7.63. The molecule has 0 spiro atoms. The van der Waals surface area contributed by atoms with Gasteiger partial charge in [0, 0.05) is 18.7 Å². The predicted octanol–water partition coefficient (Wildman–Crippen LogP) is 3.70. The van der Waals surface area contributed by atoms with Crippen LogP contribution in [0.2, 0.25) is 0 Å². The number of halogens is 1. The average Bonchev–Trinajstić information content (AvgIpc) is 2.66. The van der Waals surface area contributed by atoms with Crippen molar-refractivity contribution in [1.29, 1.82) is 0 Å². The van der Waals surface area contributed by atoms with Gasteiger partial charge in [-0.25, -0.2) is 4.39 Å². The Morgan fingerprint density at radius 2 is 2.00 bits per heavy atom. The number of nitrogens with zero attached hydrogens (tertiary/aromatic N) is 1. The van der Waals surface area contributed by atoms with E-state index >= 15 is 0 Å². The number of carbonyl (C=O) groups is 1. The number of benzene rings is 1. The molecule has 0 aromatic heterocycles. The molecule has 0 aliphatic carbocycles. The summed E-state index contributed by atoms with van der Waals surface area (Å²) in [6.45, 7) is 8.31. The predicted molar refractivity (Wildman–Crippen MR) is 83.5 cm³/mol. The fraction of sp³-hybridized carbons (Fsp3) is 0.588. The molecule has 1 aliphatic rings. The largest absolute Gasteiger partial charge is 0.396 e. The van der Waals surface area contributed by atoms with Gasteiger partial charge in [0.2, 0.25) is 0 Å². The Morgan fingerprint density at radius 3 is 2.62 bits per heavy atom. The van der Waals surface area contributed by atoms with Gasteiger partial charge in [0.1, 0.15) is 5.82 Å². The lowest BCUT2D eigenvalue weighted by Crippen LogP contribution is -2.32. The zero-order valence-electron chi connectivity index (χ0n) is 13.2. The number of hydrogen-bond donors (Lipinski definition) is 1. The van der Waals surface area contributed by atoms with Crippen molar-refractivity contribution < 1.29 is 9.18 Å². The zero-order chi connectivity index (χ0) is 15.6. The maximum absolute atomic E-state index is 13.2. The lowest BCUT2D eigenvalue weighted by Gasteiger charge is -2.29. The molecular weight excluding hydrogens is 267 g/mol. The van der Waals surface area contributed by atoms with Gasteiger partial charge >= 0.3 is 0 Å². The van der Waals surface area contributed by atoms with Crippen molar-refractivity contribution in [2.45, 2.75) is 40.0 Å². The summed E-state index contributed by atoms with van der Waals surface area (Å²) in [7, 11) is 0. The zero-order valence-corrected chi connectivity index (χ0v) is 13.2. The molecule has 1 amide bonds. The van der Waals surface area contributed by atoms with Crippen LogP contribution in [0.1, 0.15) is 50.4 Å². The van der Waals surface area contributed by atoms with Gasteiger partial charge in [-0.1, -0.05) is 20.8 Å². The Bertz CT molecular complexity index is 522. The van der Waals surface area contributed by atoms with Crippen LogP contribution < -0.4 is 5.73 Å². The van der Waals surface area contributed by atoms with Crippen LogP contribution in [-0.2, 0) is 0 Å². The minimum atomic E-state index is -0.477.